The van der Waals surface area contributed by atoms with Crippen LogP contribution in [0.4, 0.5) is 0 Å². The van der Waals surface area contributed by atoms with Crippen molar-refractivity contribution < 1.29 is 24.2 Å². The number of unbranched alkanes of at least 4 members (excludes halogenated alkanes) is 1. The van der Waals surface area contributed by atoms with E-state index in [1.54, 1.807) is 6.92 Å². The van der Waals surface area contributed by atoms with Gasteiger partial charge in [-0.05, 0) is 26.7 Å². The Morgan fingerprint density at radius 1 is 1.27 bits per heavy atom. The molecule has 0 fully saturated rings. The lowest BCUT2D eigenvalue weighted by molar-refractivity contribution is -0.174. The lowest BCUT2D eigenvalue weighted by Crippen LogP contribution is -2.17. The molecule has 5 heteroatoms. The second kappa shape index (κ2) is 8.23. The summed E-state index contributed by atoms with van der Waals surface area (Å²) in [5.74, 6) is -1.19. The highest BCUT2D eigenvalue weighted by Gasteiger charge is 2.08. The first-order chi connectivity index (χ1) is 7.06. The van der Waals surface area contributed by atoms with Gasteiger partial charge in [0.2, 0.25) is 0 Å². The van der Waals surface area contributed by atoms with Gasteiger partial charge in [0.05, 0.1) is 0 Å². The summed E-state index contributed by atoms with van der Waals surface area (Å²) in [5, 5.41) is 8.36. The summed E-state index contributed by atoms with van der Waals surface area (Å²) in [6, 6.07) is 0. The van der Waals surface area contributed by atoms with Crippen molar-refractivity contribution in [2.45, 2.75) is 45.8 Å². The smallest absolute Gasteiger partial charge is 0.308 e. The molecular weight excluding hydrogens is 200 g/mol. The van der Waals surface area contributed by atoms with Gasteiger partial charge in [-0.1, -0.05) is 0 Å². The number of ether oxygens (including phenoxy) is 2. The monoisotopic (exact) mass is 218 g/mol. The van der Waals surface area contributed by atoms with E-state index in [4.69, 9.17) is 14.6 Å². The zero-order valence-corrected chi connectivity index (χ0v) is 9.19. The predicted octanol–water partition coefficient (Wildman–Crippen LogP) is 1.56. The quantitative estimate of drug-likeness (QED) is 0.380. The Kier molecular flexibility index (Phi) is 7.62. The molecule has 15 heavy (non-hydrogen) atoms. The van der Waals surface area contributed by atoms with Gasteiger partial charge in [-0.3, -0.25) is 9.59 Å². The molecule has 0 heterocycles. The fraction of sp³-hybridized carbons (Fsp3) is 0.800. The molecule has 0 spiro atoms. The molecule has 0 saturated carbocycles. The Labute approximate surface area is 89.4 Å². The van der Waals surface area contributed by atoms with Crippen molar-refractivity contribution in [1.82, 2.24) is 0 Å². The molecule has 0 aromatic carbocycles. The number of carbonyl (C=O) groups excluding carboxylic acids is 1. The maximum atomic E-state index is 11.1. The molecule has 5 nitrogen and oxygen atoms in total. The van der Waals surface area contributed by atoms with Crippen LogP contribution in [0.25, 0.3) is 0 Å². The van der Waals surface area contributed by atoms with E-state index >= 15 is 0 Å². The SMILES string of the molecule is CCOC(C)OC(=O)CCCCC(=O)O. The summed E-state index contributed by atoms with van der Waals surface area (Å²) in [4.78, 5) is 21.3. The van der Waals surface area contributed by atoms with Gasteiger partial charge in [0.1, 0.15) is 0 Å². The number of hydrogen-bond donors (Lipinski definition) is 1. The first-order valence-corrected chi connectivity index (χ1v) is 5.09. The Morgan fingerprint density at radius 2 is 1.87 bits per heavy atom. The molecule has 0 bridgehead atoms. The standard InChI is InChI=1S/C10H18O5/c1-3-14-8(2)15-10(13)7-5-4-6-9(11)12/h8H,3-7H2,1-2H3,(H,11,12). The van der Waals surface area contributed by atoms with Crippen molar-refractivity contribution in [2.24, 2.45) is 0 Å². The largest absolute Gasteiger partial charge is 0.481 e. The van der Waals surface area contributed by atoms with Crippen LogP contribution in [0.15, 0.2) is 0 Å². The molecule has 0 aliphatic heterocycles. The number of hydrogen-bond acceptors (Lipinski definition) is 4. The van der Waals surface area contributed by atoms with Crippen LogP contribution in [0.5, 0.6) is 0 Å². The minimum absolute atomic E-state index is 0.0916. The van der Waals surface area contributed by atoms with E-state index in [0.717, 1.165) is 0 Å². The van der Waals surface area contributed by atoms with Crippen LogP contribution in [0, 0.1) is 0 Å². The Morgan fingerprint density at radius 3 is 2.40 bits per heavy atom. The van der Waals surface area contributed by atoms with Crippen LogP contribution >= 0.6 is 0 Å². The summed E-state index contributed by atoms with van der Waals surface area (Å²) in [5.41, 5.74) is 0. The maximum absolute atomic E-state index is 11.1. The first-order valence-electron chi connectivity index (χ1n) is 5.09. The van der Waals surface area contributed by atoms with Crippen molar-refractivity contribution in [3.63, 3.8) is 0 Å². The second-order valence-corrected chi connectivity index (χ2v) is 3.11. The van der Waals surface area contributed by atoms with Crippen molar-refractivity contribution in [1.29, 1.82) is 0 Å². The van der Waals surface area contributed by atoms with Crippen LogP contribution < -0.4 is 0 Å². The molecule has 0 aromatic rings. The van der Waals surface area contributed by atoms with E-state index in [-0.39, 0.29) is 18.8 Å². The Hall–Kier alpha value is -1.10. The molecule has 0 aromatic heterocycles. The topological polar surface area (TPSA) is 72.8 Å². The van der Waals surface area contributed by atoms with Crippen LogP contribution in [0.1, 0.15) is 39.5 Å². The number of carboxylic acids is 1. The predicted molar refractivity (Wildman–Crippen MR) is 53.3 cm³/mol. The fourth-order valence-corrected chi connectivity index (χ4v) is 1.06. The molecule has 1 N–H and O–H groups in total. The lowest BCUT2D eigenvalue weighted by Gasteiger charge is -2.12. The van der Waals surface area contributed by atoms with Crippen LogP contribution in [0.2, 0.25) is 0 Å². The molecule has 1 atom stereocenters. The van der Waals surface area contributed by atoms with E-state index in [1.165, 1.54) is 0 Å². The van der Waals surface area contributed by atoms with Gasteiger partial charge >= 0.3 is 11.9 Å². The third-order valence-electron chi connectivity index (χ3n) is 1.72. The number of esters is 1. The minimum Gasteiger partial charge on any atom is -0.481 e. The van der Waals surface area contributed by atoms with Crippen molar-refractivity contribution in [3.05, 3.63) is 0 Å². The number of rotatable bonds is 8. The normalized spacial score (nSPS) is 12.1. The van der Waals surface area contributed by atoms with Gasteiger partial charge in [-0.2, -0.15) is 0 Å². The summed E-state index contributed by atoms with van der Waals surface area (Å²) >= 11 is 0. The van der Waals surface area contributed by atoms with Gasteiger partial charge in [0.15, 0.2) is 6.29 Å². The molecule has 0 aliphatic rings. The molecule has 88 valence electrons. The van der Waals surface area contributed by atoms with Gasteiger partial charge < -0.3 is 14.6 Å². The number of aliphatic carboxylic acids is 1. The number of carbonyl (C=O) groups is 2. The average Bonchev–Trinajstić information content (AvgIpc) is 2.12. The molecule has 0 saturated heterocycles. The molecule has 0 aliphatic carbocycles. The average molecular weight is 218 g/mol. The van der Waals surface area contributed by atoms with Crippen LogP contribution in [-0.4, -0.2) is 29.9 Å². The van der Waals surface area contributed by atoms with Crippen LogP contribution in [0.3, 0.4) is 0 Å². The van der Waals surface area contributed by atoms with Gasteiger partial charge in [-0.15, -0.1) is 0 Å². The van der Waals surface area contributed by atoms with Crippen molar-refractivity contribution >= 4 is 11.9 Å². The van der Waals surface area contributed by atoms with E-state index in [9.17, 15) is 9.59 Å². The zero-order valence-electron chi connectivity index (χ0n) is 9.19. The van der Waals surface area contributed by atoms with Gasteiger partial charge in [0.25, 0.3) is 0 Å². The highest BCUT2D eigenvalue weighted by Crippen LogP contribution is 2.03. The van der Waals surface area contributed by atoms with Gasteiger partial charge in [-0.25, -0.2) is 0 Å². The molecule has 0 rings (SSSR count). The molecular formula is C10H18O5. The second-order valence-electron chi connectivity index (χ2n) is 3.11. The highest BCUT2D eigenvalue weighted by atomic mass is 16.7. The summed E-state index contributed by atoms with van der Waals surface area (Å²) in [6.07, 6.45) is 0.832. The lowest BCUT2D eigenvalue weighted by atomic mass is 10.2. The number of carboxylic acid groups (broad SMARTS) is 1. The minimum atomic E-state index is -0.842. The van der Waals surface area contributed by atoms with E-state index in [2.05, 4.69) is 0 Å². The summed E-state index contributed by atoms with van der Waals surface area (Å²) < 4.78 is 9.91. The van der Waals surface area contributed by atoms with E-state index < -0.39 is 12.3 Å². The van der Waals surface area contributed by atoms with E-state index in [1.807, 2.05) is 6.92 Å². The molecule has 1 unspecified atom stereocenters. The molecule has 0 radical (unpaired) electrons. The first kappa shape index (κ1) is 13.9. The van der Waals surface area contributed by atoms with Crippen LogP contribution in [-0.2, 0) is 19.1 Å². The Bertz CT molecular complexity index is 202. The Balaban J connectivity index is 3.44. The van der Waals surface area contributed by atoms with Gasteiger partial charge in [0, 0.05) is 19.4 Å². The highest BCUT2D eigenvalue weighted by molar-refractivity contribution is 5.69. The summed E-state index contributed by atoms with van der Waals surface area (Å²) in [6.45, 7) is 3.96. The third-order valence-corrected chi connectivity index (χ3v) is 1.72. The summed E-state index contributed by atoms with van der Waals surface area (Å²) in [7, 11) is 0. The van der Waals surface area contributed by atoms with Crippen molar-refractivity contribution in [2.75, 3.05) is 6.61 Å². The van der Waals surface area contributed by atoms with E-state index in [0.29, 0.717) is 19.4 Å². The maximum Gasteiger partial charge on any atom is 0.308 e. The van der Waals surface area contributed by atoms with Crippen molar-refractivity contribution in [3.8, 4) is 0 Å². The third kappa shape index (κ3) is 9.21. The fourth-order valence-electron chi connectivity index (χ4n) is 1.06. The zero-order chi connectivity index (χ0) is 11.7. The molecule has 0 amide bonds.